The Kier molecular flexibility index (Phi) is 2.97. The van der Waals surface area contributed by atoms with Gasteiger partial charge in [-0.1, -0.05) is 55.8 Å². The van der Waals surface area contributed by atoms with E-state index < -0.39 is 0 Å². The van der Waals surface area contributed by atoms with Gasteiger partial charge in [-0.2, -0.15) is 0 Å². The van der Waals surface area contributed by atoms with Gasteiger partial charge in [0.15, 0.2) is 0 Å². The van der Waals surface area contributed by atoms with Crippen molar-refractivity contribution in [1.29, 1.82) is 0 Å². The van der Waals surface area contributed by atoms with E-state index in [2.05, 4.69) is 43.6 Å². The lowest BCUT2D eigenvalue weighted by Crippen LogP contribution is -2.10. The Bertz CT molecular complexity index is 446. The van der Waals surface area contributed by atoms with Crippen LogP contribution in [0.2, 0.25) is 0 Å². The molecule has 0 aliphatic heterocycles. The van der Waals surface area contributed by atoms with Gasteiger partial charge in [0, 0.05) is 16.8 Å². The molecule has 0 unspecified atom stereocenters. The standard InChI is InChI=1S/C15H19BrO/c1-14(2)13(15(14,3)4)12(17)9-10-6-5-7-11(16)8-10/h5-8,13H,9H2,1-4H3. The third-order valence-electron chi connectivity index (χ3n) is 4.61. The molecule has 2 heteroatoms. The van der Waals surface area contributed by atoms with E-state index >= 15 is 0 Å². The fraction of sp³-hybridized carbons (Fsp3) is 0.533. The number of carbonyl (C=O) groups is 1. The molecule has 0 amide bonds. The lowest BCUT2D eigenvalue weighted by Gasteiger charge is -2.03. The summed E-state index contributed by atoms with van der Waals surface area (Å²) in [6.07, 6.45) is 0.553. The van der Waals surface area contributed by atoms with Gasteiger partial charge in [-0.25, -0.2) is 0 Å². The molecule has 1 fully saturated rings. The summed E-state index contributed by atoms with van der Waals surface area (Å²) in [6.45, 7) is 8.76. The smallest absolute Gasteiger partial charge is 0.141 e. The molecule has 92 valence electrons. The Labute approximate surface area is 112 Å². The molecule has 1 nitrogen and oxygen atoms in total. The number of carbonyl (C=O) groups excluding carboxylic acids is 1. The molecule has 1 aliphatic rings. The van der Waals surface area contributed by atoms with Gasteiger partial charge in [-0.05, 0) is 28.5 Å². The van der Waals surface area contributed by atoms with E-state index in [1.165, 1.54) is 0 Å². The van der Waals surface area contributed by atoms with Crippen molar-refractivity contribution in [3.8, 4) is 0 Å². The summed E-state index contributed by atoms with van der Waals surface area (Å²) in [6, 6.07) is 8.01. The predicted molar refractivity (Wildman–Crippen MR) is 73.9 cm³/mol. The van der Waals surface area contributed by atoms with Crippen molar-refractivity contribution in [3.05, 3.63) is 34.3 Å². The highest BCUT2D eigenvalue weighted by Gasteiger charge is 2.67. The maximum Gasteiger partial charge on any atom is 0.141 e. The number of ketones is 1. The third-order valence-corrected chi connectivity index (χ3v) is 5.10. The lowest BCUT2D eigenvalue weighted by molar-refractivity contribution is -0.120. The van der Waals surface area contributed by atoms with Crippen molar-refractivity contribution < 1.29 is 4.79 Å². The van der Waals surface area contributed by atoms with E-state index in [-0.39, 0.29) is 16.7 Å². The van der Waals surface area contributed by atoms with Crippen molar-refractivity contribution in [2.24, 2.45) is 16.7 Å². The molecule has 0 N–H and O–H groups in total. The largest absolute Gasteiger partial charge is 0.299 e. The van der Waals surface area contributed by atoms with Crippen molar-refractivity contribution in [2.45, 2.75) is 34.1 Å². The minimum absolute atomic E-state index is 0.149. The first kappa shape index (κ1) is 12.8. The fourth-order valence-corrected chi connectivity index (χ4v) is 3.40. The SMILES string of the molecule is CC1(C)C(C(=O)Cc2cccc(Br)c2)C1(C)C. The normalized spacial score (nSPS) is 21.2. The molecule has 0 heterocycles. The molecule has 2 rings (SSSR count). The molecule has 17 heavy (non-hydrogen) atoms. The van der Waals surface area contributed by atoms with Crippen molar-refractivity contribution in [2.75, 3.05) is 0 Å². The highest BCUT2D eigenvalue weighted by molar-refractivity contribution is 9.10. The number of Topliss-reactive ketones (excluding diaryl/α,β-unsaturated/α-hetero) is 1. The van der Waals surface area contributed by atoms with Crippen LogP contribution in [0, 0.1) is 16.7 Å². The molecule has 1 aromatic carbocycles. The lowest BCUT2D eigenvalue weighted by atomic mass is 10.0. The van der Waals surface area contributed by atoms with Crippen LogP contribution in [0.1, 0.15) is 33.3 Å². The highest BCUT2D eigenvalue weighted by Crippen LogP contribution is 2.68. The summed E-state index contributed by atoms with van der Waals surface area (Å²) in [5.41, 5.74) is 1.40. The Balaban J connectivity index is 2.10. The molecular weight excluding hydrogens is 276 g/mol. The maximum atomic E-state index is 12.3. The van der Waals surface area contributed by atoms with Gasteiger partial charge in [-0.3, -0.25) is 4.79 Å². The Hall–Kier alpha value is -0.630. The molecule has 0 saturated heterocycles. The Morgan fingerprint density at radius 3 is 2.29 bits per heavy atom. The summed E-state index contributed by atoms with van der Waals surface area (Å²) >= 11 is 3.44. The van der Waals surface area contributed by atoms with E-state index in [0.717, 1.165) is 10.0 Å². The average Bonchev–Trinajstić information content (AvgIpc) is 2.56. The molecule has 0 atom stereocenters. The van der Waals surface area contributed by atoms with E-state index in [1.54, 1.807) is 0 Å². The second-order valence-electron chi connectivity index (χ2n) is 6.15. The molecule has 1 saturated carbocycles. The van der Waals surface area contributed by atoms with Crippen LogP contribution in [0.5, 0.6) is 0 Å². The molecular formula is C15H19BrO. The van der Waals surface area contributed by atoms with Crippen molar-refractivity contribution in [3.63, 3.8) is 0 Å². The van der Waals surface area contributed by atoms with Crippen LogP contribution in [-0.2, 0) is 11.2 Å². The maximum absolute atomic E-state index is 12.3. The predicted octanol–water partition coefficient (Wildman–Crippen LogP) is 4.24. The van der Waals surface area contributed by atoms with Crippen LogP contribution >= 0.6 is 15.9 Å². The summed E-state index contributed by atoms with van der Waals surface area (Å²) in [4.78, 5) is 12.3. The summed E-state index contributed by atoms with van der Waals surface area (Å²) in [5.74, 6) is 0.576. The Morgan fingerprint density at radius 2 is 1.82 bits per heavy atom. The van der Waals surface area contributed by atoms with Gasteiger partial charge in [0.2, 0.25) is 0 Å². The second-order valence-corrected chi connectivity index (χ2v) is 7.07. The zero-order chi connectivity index (χ0) is 12.8. The van der Waals surface area contributed by atoms with Crippen LogP contribution in [0.25, 0.3) is 0 Å². The van der Waals surface area contributed by atoms with Crippen molar-refractivity contribution in [1.82, 2.24) is 0 Å². The molecule has 0 spiro atoms. The van der Waals surface area contributed by atoms with Gasteiger partial charge in [0.1, 0.15) is 5.78 Å². The fourth-order valence-electron chi connectivity index (χ4n) is 2.95. The topological polar surface area (TPSA) is 17.1 Å². The van der Waals surface area contributed by atoms with Crippen molar-refractivity contribution >= 4 is 21.7 Å². The van der Waals surface area contributed by atoms with Gasteiger partial charge >= 0.3 is 0 Å². The number of hydrogen-bond donors (Lipinski definition) is 0. The van der Waals surface area contributed by atoms with Crippen LogP contribution < -0.4 is 0 Å². The summed E-state index contributed by atoms with van der Waals surface area (Å²) in [7, 11) is 0. The number of benzene rings is 1. The van der Waals surface area contributed by atoms with Crippen LogP contribution in [0.3, 0.4) is 0 Å². The molecule has 0 aromatic heterocycles. The zero-order valence-electron chi connectivity index (χ0n) is 10.9. The van der Waals surface area contributed by atoms with Crippen LogP contribution in [-0.4, -0.2) is 5.78 Å². The number of rotatable bonds is 3. The monoisotopic (exact) mass is 294 g/mol. The number of hydrogen-bond acceptors (Lipinski definition) is 1. The number of halogens is 1. The molecule has 1 aromatic rings. The van der Waals surface area contributed by atoms with E-state index in [9.17, 15) is 4.79 Å². The summed E-state index contributed by atoms with van der Waals surface area (Å²) < 4.78 is 1.04. The highest BCUT2D eigenvalue weighted by atomic mass is 79.9. The second kappa shape index (κ2) is 3.94. The first-order valence-electron chi connectivity index (χ1n) is 6.04. The van der Waals surface area contributed by atoms with E-state index in [1.807, 2.05) is 24.3 Å². The molecule has 0 bridgehead atoms. The average molecular weight is 295 g/mol. The van der Waals surface area contributed by atoms with Gasteiger partial charge in [0.25, 0.3) is 0 Å². The van der Waals surface area contributed by atoms with E-state index in [4.69, 9.17) is 0 Å². The summed E-state index contributed by atoms with van der Waals surface area (Å²) in [5, 5.41) is 0. The van der Waals surface area contributed by atoms with Gasteiger partial charge in [-0.15, -0.1) is 0 Å². The zero-order valence-corrected chi connectivity index (χ0v) is 12.5. The first-order chi connectivity index (χ1) is 7.76. The third kappa shape index (κ3) is 2.08. The minimum atomic E-state index is 0.149. The molecule has 0 radical (unpaired) electrons. The van der Waals surface area contributed by atoms with Crippen LogP contribution in [0.4, 0.5) is 0 Å². The Morgan fingerprint density at radius 1 is 1.24 bits per heavy atom. The first-order valence-corrected chi connectivity index (χ1v) is 6.83. The van der Waals surface area contributed by atoms with Crippen LogP contribution in [0.15, 0.2) is 28.7 Å². The van der Waals surface area contributed by atoms with Gasteiger partial charge in [0.05, 0.1) is 0 Å². The van der Waals surface area contributed by atoms with E-state index in [0.29, 0.717) is 12.2 Å². The minimum Gasteiger partial charge on any atom is -0.299 e. The quantitative estimate of drug-likeness (QED) is 0.815. The molecule has 1 aliphatic carbocycles. The van der Waals surface area contributed by atoms with Gasteiger partial charge < -0.3 is 0 Å².